The summed E-state index contributed by atoms with van der Waals surface area (Å²) in [4.78, 5) is 0. The molecule has 1 aromatic carbocycles. The molecule has 0 spiro atoms. The highest BCUT2D eigenvalue weighted by Crippen LogP contribution is 2.25. The number of hydrogen-bond acceptors (Lipinski definition) is 2. The topological polar surface area (TPSA) is 21.3 Å². The van der Waals surface area contributed by atoms with Gasteiger partial charge in [0.15, 0.2) is 0 Å². The van der Waals surface area contributed by atoms with Gasteiger partial charge in [-0.1, -0.05) is 32.4 Å². The van der Waals surface area contributed by atoms with Crippen LogP contribution in [0.2, 0.25) is 0 Å². The molecule has 1 aliphatic rings. The van der Waals surface area contributed by atoms with Crippen molar-refractivity contribution >= 4 is 0 Å². The Hall–Kier alpha value is -1.02. The molecule has 1 fully saturated rings. The molecule has 0 aromatic heterocycles. The SMILES string of the molecule is CCCCc1ccc(OC2CCC(NCC)C2)cc1. The Kier molecular flexibility index (Phi) is 5.71. The van der Waals surface area contributed by atoms with E-state index in [-0.39, 0.29) is 0 Å². The van der Waals surface area contributed by atoms with Gasteiger partial charge in [0.2, 0.25) is 0 Å². The normalized spacial score (nSPS) is 22.6. The molecule has 2 unspecified atom stereocenters. The van der Waals surface area contributed by atoms with Crippen molar-refractivity contribution < 1.29 is 4.74 Å². The minimum absolute atomic E-state index is 0.394. The van der Waals surface area contributed by atoms with Crippen LogP contribution in [-0.4, -0.2) is 18.7 Å². The van der Waals surface area contributed by atoms with Crippen molar-refractivity contribution in [3.63, 3.8) is 0 Å². The predicted octanol–water partition coefficient (Wildman–Crippen LogP) is 3.94. The van der Waals surface area contributed by atoms with Gasteiger partial charge in [0.25, 0.3) is 0 Å². The number of nitrogens with one attached hydrogen (secondary N) is 1. The van der Waals surface area contributed by atoms with Gasteiger partial charge in [-0.05, 0) is 56.3 Å². The summed E-state index contributed by atoms with van der Waals surface area (Å²) in [5.41, 5.74) is 1.42. The second-order valence-corrected chi connectivity index (χ2v) is 5.56. The molecule has 2 atom stereocenters. The predicted molar refractivity (Wildman–Crippen MR) is 80.8 cm³/mol. The maximum Gasteiger partial charge on any atom is 0.119 e. The van der Waals surface area contributed by atoms with Crippen LogP contribution in [-0.2, 0) is 6.42 Å². The molecule has 1 saturated carbocycles. The molecule has 2 nitrogen and oxygen atoms in total. The van der Waals surface area contributed by atoms with E-state index < -0.39 is 0 Å². The lowest BCUT2D eigenvalue weighted by atomic mass is 10.1. The molecule has 2 heteroatoms. The summed E-state index contributed by atoms with van der Waals surface area (Å²) < 4.78 is 6.07. The Balaban J connectivity index is 1.80. The Bertz CT molecular complexity index is 360. The van der Waals surface area contributed by atoms with Gasteiger partial charge in [-0.25, -0.2) is 0 Å². The highest BCUT2D eigenvalue weighted by Gasteiger charge is 2.25. The maximum atomic E-state index is 6.07. The van der Waals surface area contributed by atoms with Crippen molar-refractivity contribution in [1.82, 2.24) is 5.32 Å². The first-order valence-electron chi connectivity index (χ1n) is 7.80. The fourth-order valence-electron chi connectivity index (χ4n) is 2.83. The van der Waals surface area contributed by atoms with Gasteiger partial charge in [-0.2, -0.15) is 0 Å². The van der Waals surface area contributed by atoms with Crippen molar-refractivity contribution in [2.24, 2.45) is 0 Å². The first-order valence-corrected chi connectivity index (χ1v) is 7.80. The van der Waals surface area contributed by atoms with E-state index in [9.17, 15) is 0 Å². The van der Waals surface area contributed by atoms with E-state index in [0.29, 0.717) is 12.1 Å². The second kappa shape index (κ2) is 7.54. The highest BCUT2D eigenvalue weighted by molar-refractivity contribution is 5.27. The van der Waals surface area contributed by atoms with E-state index in [0.717, 1.165) is 18.7 Å². The van der Waals surface area contributed by atoms with E-state index in [1.807, 2.05) is 0 Å². The van der Waals surface area contributed by atoms with Crippen molar-refractivity contribution in [2.45, 2.75) is 64.5 Å². The second-order valence-electron chi connectivity index (χ2n) is 5.56. The maximum absolute atomic E-state index is 6.07. The molecule has 1 N–H and O–H groups in total. The lowest BCUT2D eigenvalue weighted by Crippen LogP contribution is -2.27. The molecule has 19 heavy (non-hydrogen) atoms. The molecule has 106 valence electrons. The largest absolute Gasteiger partial charge is 0.490 e. The van der Waals surface area contributed by atoms with Crippen LogP contribution in [0, 0.1) is 0 Å². The van der Waals surface area contributed by atoms with Crippen LogP contribution in [0.1, 0.15) is 51.5 Å². The van der Waals surface area contributed by atoms with Crippen LogP contribution < -0.4 is 10.1 Å². The average molecular weight is 261 g/mol. The van der Waals surface area contributed by atoms with Gasteiger partial charge in [-0.3, -0.25) is 0 Å². The summed E-state index contributed by atoms with van der Waals surface area (Å²) in [5.74, 6) is 1.03. The summed E-state index contributed by atoms with van der Waals surface area (Å²) in [6.07, 6.45) is 7.67. The van der Waals surface area contributed by atoms with Crippen LogP contribution in [0.5, 0.6) is 5.75 Å². The Morgan fingerprint density at radius 2 is 1.95 bits per heavy atom. The highest BCUT2D eigenvalue weighted by atomic mass is 16.5. The van der Waals surface area contributed by atoms with Crippen LogP contribution >= 0.6 is 0 Å². The zero-order valence-electron chi connectivity index (χ0n) is 12.3. The van der Waals surface area contributed by atoms with Gasteiger partial charge in [0.05, 0.1) is 0 Å². The molecule has 0 amide bonds. The van der Waals surface area contributed by atoms with Gasteiger partial charge in [0.1, 0.15) is 11.9 Å². The summed E-state index contributed by atoms with van der Waals surface area (Å²) >= 11 is 0. The number of hydrogen-bond donors (Lipinski definition) is 1. The fourth-order valence-corrected chi connectivity index (χ4v) is 2.83. The van der Waals surface area contributed by atoms with E-state index in [1.54, 1.807) is 0 Å². The van der Waals surface area contributed by atoms with Crippen molar-refractivity contribution in [1.29, 1.82) is 0 Å². The number of unbranched alkanes of at least 4 members (excludes halogenated alkanes) is 1. The van der Waals surface area contributed by atoms with Gasteiger partial charge in [-0.15, -0.1) is 0 Å². The fraction of sp³-hybridized carbons (Fsp3) is 0.647. The summed E-state index contributed by atoms with van der Waals surface area (Å²) in [7, 11) is 0. The minimum Gasteiger partial charge on any atom is -0.490 e. The van der Waals surface area contributed by atoms with Gasteiger partial charge < -0.3 is 10.1 Å². The van der Waals surface area contributed by atoms with Crippen LogP contribution in [0.3, 0.4) is 0 Å². The first-order chi connectivity index (χ1) is 9.31. The molecule has 2 rings (SSSR count). The quantitative estimate of drug-likeness (QED) is 0.802. The Morgan fingerprint density at radius 3 is 2.63 bits per heavy atom. The van der Waals surface area contributed by atoms with Crippen LogP contribution in [0.25, 0.3) is 0 Å². The molecular formula is C17H27NO. The summed E-state index contributed by atoms with van der Waals surface area (Å²) in [6.45, 7) is 5.46. The molecule has 0 radical (unpaired) electrons. The first kappa shape index (κ1) is 14.4. The third-order valence-corrected chi connectivity index (χ3v) is 3.92. The van der Waals surface area contributed by atoms with Gasteiger partial charge >= 0.3 is 0 Å². The zero-order chi connectivity index (χ0) is 13.5. The van der Waals surface area contributed by atoms with E-state index in [2.05, 4.69) is 43.4 Å². The number of ether oxygens (including phenoxy) is 1. The smallest absolute Gasteiger partial charge is 0.119 e. The van der Waals surface area contributed by atoms with Crippen molar-refractivity contribution in [3.8, 4) is 5.75 Å². The Morgan fingerprint density at radius 1 is 1.16 bits per heavy atom. The molecule has 1 aromatic rings. The van der Waals surface area contributed by atoms with E-state index in [4.69, 9.17) is 4.74 Å². The van der Waals surface area contributed by atoms with Crippen LogP contribution in [0.15, 0.2) is 24.3 Å². The van der Waals surface area contributed by atoms with Gasteiger partial charge in [0, 0.05) is 6.04 Å². The lowest BCUT2D eigenvalue weighted by molar-refractivity contribution is 0.206. The molecular weight excluding hydrogens is 234 g/mol. The monoisotopic (exact) mass is 261 g/mol. The third-order valence-electron chi connectivity index (χ3n) is 3.92. The van der Waals surface area contributed by atoms with Crippen molar-refractivity contribution in [3.05, 3.63) is 29.8 Å². The summed E-state index contributed by atoms with van der Waals surface area (Å²) in [6, 6.07) is 9.33. The minimum atomic E-state index is 0.394. The molecule has 1 aliphatic carbocycles. The molecule has 0 saturated heterocycles. The van der Waals surface area contributed by atoms with E-state index >= 15 is 0 Å². The molecule has 0 aliphatic heterocycles. The number of rotatable bonds is 7. The third kappa shape index (κ3) is 4.54. The number of benzene rings is 1. The number of aryl methyl sites for hydroxylation is 1. The zero-order valence-corrected chi connectivity index (χ0v) is 12.3. The van der Waals surface area contributed by atoms with Crippen molar-refractivity contribution in [2.75, 3.05) is 6.54 Å². The van der Waals surface area contributed by atoms with E-state index in [1.165, 1.54) is 37.7 Å². The standard InChI is InChI=1S/C17H27NO/c1-3-5-6-14-7-10-16(11-8-14)19-17-12-9-15(13-17)18-4-2/h7-8,10-11,15,17-18H,3-6,9,12-13H2,1-2H3. The summed E-state index contributed by atoms with van der Waals surface area (Å²) in [5, 5.41) is 3.51. The Labute approximate surface area is 117 Å². The molecule has 0 bridgehead atoms. The lowest BCUT2D eigenvalue weighted by Gasteiger charge is -2.15. The molecule has 0 heterocycles. The average Bonchev–Trinajstić information content (AvgIpc) is 2.86. The van der Waals surface area contributed by atoms with Crippen LogP contribution in [0.4, 0.5) is 0 Å².